The van der Waals surface area contributed by atoms with Crippen molar-refractivity contribution in [3.63, 3.8) is 0 Å². The minimum atomic E-state index is -4.52. The highest BCUT2D eigenvalue weighted by Gasteiger charge is 2.34. The number of anilines is 1. The first kappa shape index (κ1) is 29.7. The summed E-state index contributed by atoms with van der Waals surface area (Å²) in [5.74, 6) is 1.22. The molecule has 5 rings (SSSR count). The van der Waals surface area contributed by atoms with E-state index < -0.39 is 17.8 Å². The van der Waals surface area contributed by atoms with Gasteiger partial charge in [0.15, 0.2) is 11.5 Å². The number of benzene rings is 1. The third-order valence-corrected chi connectivity index (χ3v) is 6.85. The van der Waals surface area contributed by atoms with Gasteiger partial charge in [0.05, 0.1) is 19.4 Å². The fourth-order valence-electron chi connectivity index (χ4n) is 4.54. The number of halogens is 3. The lowest BCUT2D eigenvalue weighted by Gasteiger charge is -2.14. The molecule has 0 radical (unpaired) electrons. The Balaban J connectivity index is 1.46. The fraction of sp³-hybridized carbons (Fsp3) is 0.333. The molecule has 0 aliphatic heterocycles. The summed E-state index contributed by atoms with van der Waals surface area (Å²) in [6, 6.07) is 7.02. The summed E-state index contributed by atoms with van der Waals surface area (Å²) in [4.78, 5) is 34.2. The molecule has 43 heavy (non-hydrogen) atoms. The fourth-order valence-corrected chi connectivity index (χ4v) is 4.54. The molecular formula is C30H30F3N7O3. The molecule has 1 aliphatic rings. The van der Waals surface area contributed by atoms with Gasteiger partial charge in [-0.25, -0.2) is 29.7 Å². The Morgan fingerprint density at radius 3 is 2.51 bits per heavy atom. The standard InChI is InChI=1S/C30H30F3N7O3/c1-5-43-29(41)17(2)12-21-14-35-26(23-24(19-10-11-19)36-16-37-28(23)42-4)39-25(21)34-13-18-6-8-20(9-7-18)27-38-22(15-40(27)3)30(31,32)33/h6-9,12,14-16,19H,5,10-11,13H2,1-4H3,(H,34,35,39)/b17-12+. The predicted octanol–water partition coefficient (Wildman–Crippen LogP) is 5.82. The van der Waals surface area contributed by atoms with Gasteiger partial charge in [-0.3, -0.25) is 0 Å². The smallest absolute Gasteiger partial charge is 0.434 e. The number of esters is 1. The van der Waals surface area contributed by atoms with Crippen molar-refractivity contribution in [1.29, 1.82) is 0 Å². The average molecular weight is 594 g/mol. The van der Waals surface area contributed by atoms with Crippen molar-refractivity contribution in [2.45, 2.75) is 45.3 Å². The highest BCUT2D eigenvalue weighted by molar-refractivity contribution is 5.93. The van der Waals surface area contributed by atoms with Gasteiger partial charge in [-0.15, -0.1) is 0 Å². The van der Waals surface area contributed by atoms with Gasteiger partial charge in [0.25, 0.3) is 0 Å². The second-order valence-corrected chi connectivity index (χ2v) is 10.1. The molecule has 0 saturated heterocycles. The van der Waals surface area contributed by atoms with E-state index in [1.807, 2.05) is 0 Å². The lowest BCUT2D eigenvalue weighted by molar-refractivity contribution is -0.141. The van der Waals surface area contributed by atoms with Crippen LogP contribution in [0.4, 0.5) is 19.0 Å². The molecule has 3 aromatic heterocycles. The number of nitrogens with zero attached hydrogens (tertiary/aromatic N) is 6. The minimum absolute atomic E-state index is 0.208. The highest BCUT2D eigenvalue weighted by atomic mass is 19.4. The van der Waals surface area contributed by atoms with E-state index in [4.69, 9.17) is 14.5 Å². The molecular weight excluding hydrogens is 563 g/mol. The molecule has 0 spiro atoms. The summed E-state index contributed by atoms with van der Waals surface area (Å²) in [5.41, 5.74) is 2.81. The van der Waals surface area contributed by atoms with E-state index in [0.29, 0.717) is 46.3 Å². The van der Waals surface area contributed by atoms with Crippen molar-refractivity contribution in [1.82, 2.24) is 29.5 Å². The van der Waals surface area contributed by atoms with E-state index in [9.17, 15) is 18.0 Å². The maximum Gasteiger partial charge on any atom is 0.434 e. The maximum absolute atomic E-state index is 13.1. The zero-order valence-electron chi connectivity index (χ0n) is 24.1. The van der Waals surface area contributed by atoms with Crippen molar-refractivity contribution in [2.24, 2.45) is 7.05 Å². The van der Waals surface area contributed by atoms with Crippen LogP contribution >= 0.6 is 0 Å². The number of nitrogens with one attached hydrogen (secondary N) is 1. The third-order valence-electron chi connectivity index (χ3n) is 6.85. The van der Waals surface area contributed by atoms with E-state index in [2.05, 4.69) is 25.3 Å². The quantitative estimate of drug-likeness (QED) is 0.179. The number of aromatic nitrogens is 6. The van der Waals surface area contributed by atoms with Crippen molar-refractivity contribution in [2.75, 3.05) is 19.0 Å². The van der Waals surface area contributed by atoms with Gasteiger partial charge in [0.1, 0.15) is 23.5 Å². The van der Waals surface area contributed by atoms with Crippen LogP contribution in [-0.2, 0) is 29.3 Å². The van der Waals surface area contributed by atoms with Gasteiger partial charge in [0.2, 0.25) is 5.88 Å². The summed E-state index contributed by atoms with van der Waals surface area (Å²) in [5, 5.41) is 3.31. The summed E-state index contributed by atoms with van der Waals surface area (Å²) < 4.78 is 51.4. The number of alkyl halides is 3. The summed E-state index contributed by atoms with van der Waals surface area (Å²) >= 11 is 0. The van der Waals surface area contributed by atoms with Crippen LogP contribution in [0, 0.1) is 0 Å². The van der Waals surface area contributed by atoms with Crippen molar-refractivity contribution >= 4 is 17.9 Å². The van der Waals surface area contributed by atoms with Gasteiger partial charge in [-0.05, 0) is 38.3 Å². The topological polar surface area (TPSA) is 117 Å². The summed E-state index contributed by atoms with van der Waals surface area (Å²) in [6.07, 6.45) is 3.17. The molecule has 1 aliphatic carbocycles. The van der Waals surface area contributed by atoms with Crippen LogP contribution in [0.5, 0.6) is 5.88 Å². The number of methoxy groups -OCH3 is 1. The average Bonchev–Trinajstić information content (AvgIpc) is 3.76. The lowest BCUT2D eigenvalue weighted by Crippen LogP contribution is -2.09. The van der Waals surface area contributed by atoms with Crippen LogP contribution in [0.25, 0.3) is 28.9 Å². The van der Waals surface area contributed by atoms with Crippen LogP contribution in [0.15, 0.2) is 48.6 Å². The Morgan fingerprint density at radius 1 is 1.14 bits per heavy atom. The molecule has 224 valence electrons. The van der Waals surface area contributed by atoms with Crippen molar-refractivity contribution in [3.05, 3.63) is 71.1 Å². The second-order valence-electron chi connectivity index (χ2n) is 10.1. The van der Waals surface area contributed by atoms with Crippen LogP contribution in [0.1, 0.15) is 55.1 Å². The van der Waals surface area contributed by atoms with Crippen LogP contribution in [0.2, 0.25) is 0 Å². The molecule has 10 nitrogen and oxygen atoms in total. The number of ether oxygens (including phenoxy) is 2. The number of imidazole rings is 1. The third kappa shape index (κ3) is 6.65. The molecule has 4 aromatic rings. The number of rotatable bonds is 10. The van der Waals surface area contributed by atoms with E-state index in [0.717, 1.165) is 30.3 Å². The lowest BCUT2D eigenvalue weighted by atomic mass is 10.1. The van der Waals surface area contributed by atoms with Gasteiger partial charge >= 0.3 is 12.1 Å². The monoisotopic (exact) mass is 593 g/mol. The molecule has 0 amide bonds. The first-order valence-electron chi connectivity index (χ1n) is 13.6. The molecule has 0 atom stereocenters. The number of hydrogen-bond acceptors (Lipinski definition) is 9. The Morgan fingerprint density at radius 2 is 1.88 bits per heavy atom. The van der Waals surface area contributed by atoms with Crippen LogP contribution in [0.3, 0.4) is 0 Å². The number of hydrogen-bond donors (Lipinski definition) is 1. The highest BCUT2D eigenvalue weighted by Crippen LogP contribution is 2.45. The van der Waals surface area contributed by atoms with Crippen molar-refractivity contribution < 1.29 is 27.4 Å². The van der Waals surface area contributed by atoms with Gasteiger partial charge in [0, 0.05) is 48.6 Å². The Bertz CT molecular complexity index is 1660. The number of carbonyl (C=O) groups excluding carboxylic acids is 1. The molecule has 13 heteroatoms. The van der Waals surface area contributed by atoms with Gasteiger partial charge in [-0.1, -0.05) is 24.3 Å². The van der Waals surface area contributed by atoms with Crippen LogP contribution in [-0.4, -0.2) is 49.2 Å². The van der Waals surface area contributed by atoms with E-state index in [-0.39, 0.29) is 18.3 Å². The molecule has 1 N–H and O–H groups in total. The second kappa shape index (κ2) is 12.2. The van der Waals surface area contributed by atoms with Gasteiger partial charge in [-0.2, -0.15) is 13.2 Å². The summed E-state index contributed by atoms with van der Waals surface area (Å²) in [6.45, 7) is 3.95. The SMILES string of the molecule is CCOC(=O)/C(C)=C/c1cnc(-c2c(OC)ncnc2C2CC2)nc1NCc1ccc(-c2nc(C(F)(F)F)cn2C)cc1. The normalized spacial score (nSPS) is 13.6. The zero-order valence-corrected chi connectivity index (χ0v) is 24.1. The van der Waals surface area contributed by atoms with E-state index >= 15 is 0 Å². The molecule has 1 saturated carbocycles. The number of aryl methyl sites for hydroxylation is 1. The number of carbonyl (C=O) groups is 1. The maximum atomic E-state index is 13.1. The predicted molar refractivity (Wildman–Crippen MR) is 153 cm³/mol. The Hall–Kier alpha value is -4.81. The molecule has 0 bridgehead atoms. The molecule has 3 heterocycles. The van der Waals surface area contributed by atoms with Crippen molar-refractivity contribution in [3.8, 4) is 28.7 Å². The largest absolute Gasteiger partial charge is 0.480 e. The first-order chi connectivity index (χ1) is 20.6. The molecule has 1 aromatic carbocycles. The Kier molecular flexibility index (Phi) is 8.42. The first-order valence-corrected chi connectivity index (χ1v) is 13.6. The van der Waals surface area contributed by atoms with E-state index in [1.165, 1.54) is 25.1 Å². The zero-order chi connectivity index (χ0) is 30.7. The van der Waals surface area contributed by atoms with Gasteiger partial charge < -0.3 is 19.4 Å². The Labute approximate surface area is 246 Å². The minimum Gasteiger partial charge on any atom is -0.480 e. The van der Waals surface area contributed by atoms with E-state index in [1.54, 1.807) is 50.4 Å². The van der Waals surface area contributed by atoms with Crippen LogP contribution < -0.4 is 10.1 Å². The summed E-state index contributed by atoms with van der Waals surface area (Å²) in [7, 11) is 3.05. The molecule has 0 unspecified atom stereocenters. The molecule has 1 fully saturated rings.